The summed E-state index contributed by atoms with van der Waals surface area (Å²) in [5.41, 5.74) is 0. The molecule has 1 heterocycles. The fourth-order valence-corrected chi connectivity index (χ4v) is 2.34. The lowest BCUT2D eigenvalue weighted by Crippen LogP contribution is -2.47. The van der Waals surface area contributed by atoms with Gasteiger partial charge in [0, 0.05) is 18.6 Å². The minimum Gasteiger partial charge on any atom is -0.337 e. The van der Waals surface area contributed by atoms with Crippen LogP contribution in [0, 0.1) is 0 Å². The predicted octanol–water partition coefficient (Wildman–Crippen LogP) is 2.19. The second kappa shape index (κ2) is 6.15. The summed E-state index contributed by atoms with van der Waals surface area (Å²) in [5.74, 6) is -0.0330. The Labute approximate surface area is 103 Å². The number of rotatable bonds is 4. The van der Waals surface area contributed by atoms with Crippen molar-refractivity contribution in [3.05, 3.63) is 11.9 Å². The molecule has 4 heteroatoms. The molecule has 17 heavy (non-hydrogen) atoms. The summed E-state index contributed by atoms with van der Waals surface area (Å²) in [4.78, 5) is 15.9. The minimum atomic E-state index is -0.121. The van der Waals surface area contributed by atoms with Gasteiger partial charge in [-0.3, -0.25) is 9.69 Å². The summed E-state index contributed by atoms with van der Waals surface area (Å²) in [7, 11) is 0. The first-order valence-electron chi connectivity index (χ1n) is 6.30. The molecule has 1 rings (SSSR count). The van der Waals surface area contributed by atoms with E-state index in [4.69, 9.17) is 0 Å². The van der Waals surface area contributed by atoms with E-state index in [-0.39, 0.29) is 30.4 Å². The van der Waals surface area contributed by atoms with Crippen LogP contribution < -0.4 is 0 Å². The Hall–Kier alpha value is -0.900. The largest absolute Gasteiger partial charge is 0.337 e. The lowest BCUT2D eigenvalue weighted by atomic mass is 10.2. The van der Waals surface area contributed by atoms with Gasteiger partial charge in [-0.05, 0) is 34.1 Å². The number of carbonyl (C=O) groups excluding carboxylic acids is 1. The zero-order valence-corrected chi connectivity index (χ0v) is 11.2. The first-order valence-corrected chi connectivity index (χ1v) is 6.30. The molecule has 0 aliphatic carbocycles. The first kappa shape index (κ1) is 14.2. The molecule has 3 nitrogen and oxygen atoms in total. The molecule has 98 valence electrons. The molecule has 0 aromatic carbocycles. The molecule has 0 bridgehead atoms. The lowest BCUT2D eigenvalue weighted by Gasteiger charge is -2.33. The molecular formula is C13H23FN2O. The summed E-state index contributed by atoms with van der Waals surface area (Å²) in [6, 6.07) is 0.375. The maximum atomic E-state index is 13.1. The van der Waals surface area contributed by atoms with Crippen molar-refractivity contribution in [3.8, 4) is 0 Å². The number of amides is 1. The van der Waals surface area contributed by atoms with E-state index in [0.717, 1.165) is 6.54 Å². The molecule has 0 aromatic rings. The van der Waals surface area contributed by atoms with Crippen LogP contribution in [0.3, 0.4) is 0 Å². The molecule has 0 unspecified atom stereocenters. The molecule has 1 aliphatic rings. The Kier molecular flexibility index (Phi) is 5.12. The van der Waals surface area contributed by atoms with Crippen LogP contribution in [-0.4, -0.2) is 47.4 Å². The van der Waals surface area contributed by atoms with E-state index in [1.54, 1.807) is 6.08 Å². The summed E-state index contributed by atoms with van der Waals surface area (Å²) < 4.78 is 13.1. The Bertz CT molecular complexity index is 292. The molecule has 0 spiro atoms. The van der Waals surface area contributed by atoms with E-state index in [2.05, 4.69) is 0 Å². The SMILES string of the molecule is CC(C)N(C(=O)CN1CCC=C(F)C1)C(C)C. The maximum absolute atomic E-state index is 13.1. The molecule has 0 radical (unpaired) electrons. The fraction of sp³-hybridized carbons (Fsp3) is 0.769. The van der Waals surface area contributed by atoms with Gasteiger partial charge in [0.2, 0.25) is 5.91 Å². The monoisotopic (exact) mass is 242 g/mol. The van der Waals surface area contributed by atoms with Crippen molar-refractivity contribution in [1.29, 1.82) is 0 Å². The highest BCUT2D eigenvalue weighted by Gasteiger charge is 2.23. The number of nitrogens with zero attached hydrogens (tertiary/aromatic N) is 2. The minimum absolute atomic E-state index is 0.0877. The van der Waals surface area contributed by atoms with E-state index in [0.29, 0.717) is 13.0 Å². The quantitative estimate of drug-likeness (QED) is 0.754. The lowest BCUT2D eigenvalue weighted by molar-refractivity contribution is -0.136. The summed E-state index contributed by atoms with van der Waals surface area (Å²) in [5, 5.41) is 0. The highest BCUT2D eigenvalue weighted by atomic mass is 19.1. The normalized spacial score (nSPS) is 17.5. The average Bonchev–Trinajstić information content (AvgIpc) is 2.15. The van der Waals surface area contributed by atoms with E-state index >= 15 is 0 Å². The summed E-state index contributed by atoms with van der Waals surface area (Å²) >= 11 is 0. The summed E-state index contributed by atoms with van der Waals surface area (Å²) in [6.45, 7) is 9.39. The molecular weight excluding hydrogens is 219 g/mol. The van der Waals surface area contributed by atoms with Gasteiger partial charge in [-0.15, -0.1) is 0 Å². The Morgan fingerprint density at radius 3 is 2.47 bits per heavy atom. The van der Waals surface area contributed by atoms with Crippen molar-refractivity contribution in [2.45, 2.75) is 46.2 Å². The van der Waals surface area contributed by atoms with Gasteiger partial charge in [0.1, 0.15) is 5.83 Å². The van der Waals surface area contributed by atoms with Crippen molar-refractivity contribution in [1.82, 2.24) is 9.80 Å². The van der Waals surface area contributed by atoms with Crippen molar-refractivity contribution in [2.75, 3.05) is 19.6 Å². The molecule has 0 fully saturated rings. The summed E-state index contributed by atoms with van der Waals surface area (Å²) in [6.07, 6.45) is 2.30. The number of halogens is 1. The van der Waals surface area contributed by atoms with Crippen LogP contribution in [0.2, 0.25) is 0 Å². The van der Waals surface area contributed by atoms with Crippen LogP contribution in [0.5, 0.6) is 0 Å². The van der Waals surface area contributed by atoms with Crippen LogP contribution in [0.25, 0.3) is 0 Å². The highest BCUT2D eigenvalue weighted by Crippen LogP contribution is 2.12. The van der Waals surface area contributed by atoms with Gasteiger partial charge in [0.15, 0.2) is 0 Å². The second-order valence-corrected chi connectivity index (χ2v) is 5.14. The fourth-order valence-electron chi connectivity index (χ4n) is 2.34. The van der Waals surface area contributed by atoms with Crippen LogP contribution in [-0.2, 0) is 4.79 Å². The van der Waals surface area contributed by atoms with E-state index < -0.39 is 0 Å². The Balaban J connectivity index is 2.55. The molecule has 0 N–H and O–H groups in total. The Morgan fingerprint density at radius 2 is 2.00 bits per heavy atom. The standard InChI is InChI=1S/C13H23FN2O/c1-10(2)16(11(3)4)13(17)9-15-7-5-6-12(14)8-15/h6,10-11H,5,7-9H2,1-4H3. The van der Waals surface area contributed by atoms with Crippen LogP contribution >= 0.6 is 0 Å². The smallest absolute Gasteiger partial charge is 0.237 e. The molecule has 1 amide bonds. The van der Waals surface area contributed by atoms with Crippen LogP contribution in [0.4, 0.5) is 4.39 Å². The number of carbonyl (C=O) groups is 1. The third-order valence-electron chi connectivity index (χ3n) is 2.95. The second-order valence-electron chi connectivity index (χ2n) is 5.14. The van der Waals surface area contributed by atoms with Gasteiger partial charge in [-0.1, -0.05) is 6.08 Å². The average molecular weight is 242 g/mol. The van der Waals surface area contributed by atoms with Crippen molar-refractivity contribution >= 4 is 5.91 Å². The predicted molar refractivity (Wildman–Crippen MR) is 67.4 cm³/mol. The highest BCUT2D eigenvalue weighted by molar-refractivity contribution is 5.78. The molecule has 0 saturated heterocycles. The third kappa shape index (κ3) is 4.11. The van der Waals surface area contributed by atoms with Gasteiger partial charge < -0.3 is 4.90 Å². The molecule has 0 atom stereocenters. The van der Waals surface area contributed by atoms with Crippen molar-refractivity contribution in [3.63, 3.8) is 0 Å². The topological polar surface area (TPSA) is 23.6 Å². The van der Waals surface area contributed by atoms with Crippen molar-refractivity contribution < 1.29 is 9.18 Å². The zero-order valence-electron chi connectivity index (χ0n) is 11.2. The van der Waals surface area contributed by atoms with E-state index in [1.165, 1.54) is 0 Å². The van der Waals surface area contributed by atoms with Crippen LogP contribution in [0.1, 0.15) is 34.1 Å². The van der Waals surface area contributed by atoms with E-state index in [1.807, 2.05) is 37.5 Å². The van der Waals surface area contributed by atoms with Gasteiger partial charge in [0.05, 0.1) is 13.1 Å². The number of hydrogen-bond donors (Lipinski definition) is 0. The van der Waals surface area contributed by atoms with Gasteiger partial charge in [-0.25, -0.2) is 4.39 Å². The molecule has 1 aliphatic heterocycles. The van der Waals surface area contributed by atoms with Crippen LogP contribution in [0.15, 0.2) is 11.9 Å². The molecule has 0 saturated carbocycles. The first-order chi connectivity index (χ1) is 7.91. The van der Waals surface area contributed by atoms with Gasteiger partial charge in [-0.2, -0.15) is 0 Å². The van der Waals surface area contributed by atoms with Gasteiger partial charge in [0.25, 0.3) is 0 Å². The van der Waals surface area contributed by atoms with E-state index in [9.17, 15) is 9.18 Å². The maximum Gasteiger partial charge on any atom is 0.237 e. The molecule has 0 aromatic heterocycles. The van der Waals surface area contributed by atoms with Gasteiger partial charge >= 0.3 is 0 Å². The third-order valence-corrected chi connectivity index (χ3v) is 2.95. The Morgan fingerprint density at radius 1 is 1.41 bits per heavy atom. The number of hydrogen-bond acceptors (Lipinski definition) is 2. The zero-order chi connectivity index (χ0) is 13.0. The van der Waals surface area contributed by atoms with Crippen molar-refractivity contribution in [2.24, 2.45) is 0 Å².